The van der Waals surface area contributed by atoms with Gasteiger partial charge in [-0.2, -0.15) is 0 Å². The maximum Gasteiger partial charge on any atom is 0.313 e. The molecule has 1 fully saturated rings. The third kappa shape index (κ3) is 7.01. The highest BCUT2D eigenvalue weighted by Gasteiger charge is 2.30. The second-order valence-electron chi connectivity index (χ2n) is 4.63. The Kier molecular flexibility index (Phi) is 7.36. The van der Waals surface area contributed by atoms with E-state index < -0.39 is 55.7 Å². The van der Waals surface area contributed by atoms with Gasteiger partial charge in [-0.25, -0.2) is 0 Å². The topological polar surface area (TPSA) is 55.4 Å². The molecule has 0 aromatic heterocycles. The maximum absolute atomic E-state index is 5.98. The van der Waals surface area contributed by atoms with Gasteiger partial charge in [0.1, 0.15) is 0 Å². The molecule has 12 heteroatoms. The molecular formula is C6H24O6Si6. The molecule has 0 spiro atoms. The van der Waals surface area contributed by atoms with Crippen LogP contribution in [0.2, 0.25) is 39.3 Å². The molecule has 0 saturated carbocycles. The predicted molar refractivity (Wildman–Crippen MR) is 84.6 cm³/mol. The van der Waals surface area contributed by atoms with Gasteiger partial charge in [-0.1, -0.05) is 0 Å². The summed E-state index contributed by atoms with van der Waals surface area (Å²) in [5, 5.41) is 0. The van der Waals surface area contributed by atoms with Crippen LogP contribution in [0.25, 0.3) is 0 Å². The van der Waals surface area contributed by atoms with Crippen LogP contribution in [0.15, 0.2) is 0 Å². The highest BCUT2D eigenvalue weighted by atomic mass is 28.5. The Balaban J connectivity index is 2.61. The Labute approximate surface area is 120 Å². The first-order chi connectivity index (χ1) is 8.28. The monoisotopic (exact) mass is 360 g/mol. The standard InChI is InChI=1S/C6H24O6Si6/c1-14-7-13-8-18(5,6)12-17(4)11-16(3)10-15(2)9-14/h14-17H,13H2,1-6H3. The van der Waals surface area contributed by atoms with Gasteiger partial charge < -0.3 is 24.7 Å². The molecule has 18 heavy (non-hydrogen) atoms. The van der Waals surface area contributed by atoms with Crippen LogP contribution in [0.1, 0.15) is 0 Å². The van der Waals surface area contributed by atoms with Gasteiger partial charge in [-0.3, -0.25) is 0 Å². The molecule has 6 nitrogen and oxygen atoms in total. The normalized spacial score (nSPS) is 41.0. The molecule has 1 rings (SSSR count). The molecule has 0 amide bonds. The van der Waals surface area contributed by atoms with E-state index in [-0.39, 0.29) is 0 Å². The van der Waals surface area contributed by atoms with Crippen LogP contribution < -0.4 is 0 Å². The third-order valence-corrected chi connectivity index (χ3v) is 20.8. The number of hydrogen-bond donors (Lipinski definition) is 0. The van der Waals surface area contributed by atoms with Crippen molar-refractivity contribution >= 4 is 55.7 Å². The summed E-state index contributed by atoms with van der Waals surface area (Å²) in [6.45, 7) is 12.2. The Morgan fingerprint density at radius 1 is 0.778 bits per heavy atom. The molecule has 0 aromatic carbocycles. The van der Waals surface area contributed by atoms with Crippen LogP contribution in [-0.4, -0.2) is 55.7 Å². The fourth-order valence-electron chi connectivity index (χ4n) is 1.65. The Morgan fingerprint density at radius 3 is 1.89 bits per heavy atom. The van der Waals surface area contributed by atoms with Gasteiger partial charge in [0.25, 0.3) is 47.1 Å². The first kappa shape index (κ1) is 17.1. The van der Waals surface area contributed by atoms with Crippen LogP contribution in [0, 0.1) is 0 Å². The van der Waals surface area contributed by atoms with E-state index in [1.54, 1.807) is 0 Å². The lowest BCUT2D eigenvalue weighted by Crippen LogP contribution is -2.47. The van der Waals surface area contributed by atoms with Crippen LogP contribution in [-0.2, 0) is 24.7 Å². The molecule has 1 aliphatic heterocycles. The molecule has 1 aliphatic rings. The Bertz CT molecular complexity index is 257. The average Bonchev–Trinajstić information content (AvgIpc) is 2.12. The van der Waals surface area contributed by atoms with Gasteiger partial charge in [-0.05, 0) is 39.3 Å². The molecule has 1 heterocycles. The maximum atomic E-state index is 5.98. The zero-order valence-electron chi connectivity index (χ0n) is 12.0. The minimum absolute atomic E-state index is 1.00. The number of hydrogen-bond acceptors (Lipinski definition) is 6. The summed E-state index contributed by atoms with van der Waals surface area (Å²) < 4.78 is 35.1. The van der Waals surface area contributed by atoms with Gasteiger partial charge in [-0.15, -0.1) is 0 Å². The van der Waals surface area contributed by atoms with Crippen LogP contribution in [0.4, 0.5) is 0 Å². The van der Waals surface area contributed by atoms with E-state index in [4.69, 9.17) is 24.7 Å². The zero-order chi connectivity index (χ0) is 13.8. The molecule has 4 atom stereocenters. The molecule has 4 unspecified atom stereocenters. The fraction of sp³-hybridized carbons (Fsp3) is 1.00. The summed E-state index contributed by atoms with van der Waals surface area (Å²) in [5.41, 5.74) is 0. The van der Waals surface area contributed by atoms with E-state index in [2.05, 4.69) is 0 Å². The lowest BCUT2D eigenvalue weighted by atomic mass is 11.9. The highest BCUT2D eigenvalue weighted by Crippen LogP contribution is 2.11. The molecule has 0 aromatic rings. The van der Waals surface area contributed by atoms with Crippen molar-refractivity contribution in [2.45, 2.75) is 39.3 Å². The predicted octanol–water partition coefficient (Wildman–Crippen LogP) is -0.799. The third-order valence-electron chi connectivity index (χ3n) is 2.31. The molecule has 0 N–H and O–H groups in total. The van der Waals surface area contributed by atoms with E-state index in [9.17, 15) is 0 Å². The fourth-order valence-corrected chi connectivity index (χ4v) is 18.4. The molecule has 0 aliphatic carbocycles. The zero-order valence-corrected chi connectivity index (χ0v) is 19.0. The SMILES string of the molecule is C[SiH]1O[SiH2]O[Si](C)(C)O[SiH](C)O[SiH](C)O[SiH](C)O1. The van der Waals surface area contributed by atoms with Crippen molar-refractivity contribution in [3.63, 3.8) is 0 Å². The van der Waals surface area contributed by atoms with Crippen LogP contribution >= 0.6 is 0 Å². The van der Waals surface area contributed by atoms with Crippen molar-refractivity contribution in [2.24, 2.45) is 0 Å². The summed E-state index contributed by atoms with van der Waals surface area (Å²) in [5.74, 6) is 0. The summed E-state index contributed by atoms with van der Waals surface area (Å²) in [6.07, 6.45) is 0. The van der Waals surface area contributed by atoms with Crippen molar-refractivity contribution in [3.8, 4) is 0 Å². The smallest absolute Gasteiger partial charge is 0.313 e. The van der Waals surface area contributed by atoms with Crippen molar-refractivity contribution in [1.82, 2.24) is 0 Å². The first-order valence-corrected chi connectivity index (χ1v) is 18.5. The van der Waals surface area contributed by atoms with Crippen LogP contribution in [0.5, 0.6) is 0 Å². The minimum Gasteiger partial charge on any atom is -0.423 e. The summed E-state index contributed by atoms with van der Waals surface area (Å²) >= 11 is 0. The quantitative estimate of drug-likeness (QED) is 0.527. The molecule has 0 radical (unpaired) electrons. The van der Waals surface area contributed by atoms with Gasteiger partial charge in [0.05, 0.1) is 0 Å². The number of rotatable bonds is 0. The highest BCUT2D eigenvalue weighted by molar-refractivity contribution is 6.77. The molecular weight excluding hydrogens is 337 g/mol. The molecule has 0 bridgehead atoms. The van der Waals surface area contributed by atoms with E-state index in [1.807, 2.05) is 39.3 Å². The van der Waals surface area contributed by atoms with E-state index in [0.29, 0.717) is 0 Å². The van der Waals surface area contributed by atoms with Crippen molar-refractivity contribution in [3.05, 3.63) is 0 Å². The van der Waals surface area contributed by atoms with Gasteiger partial charge in [0, 0.05) is 0 Å². The molecule has 1 saturated heterocycles. The van der Waals surface area contributed by atoms with Crippen molar-refractivity contribution < 1.29 is 24.7 Å². The van der Waals surface area contributed by atoms with E-state index in [0.717, 1.165) is 0 Å². The second kappa shape index (κ2) is 7.74. The Morgan fingerprint density at radius 2 is 1.28 bits per heavy atom. The first-order valence-electron chi connectivity index (χ1n) is 6.18. The second-order valence-corrected chi connectivity index (χ2v) is 18.9. The van der Waals surface area contributed by atoms with Crippen molar-refractivity contribution in [2.75, 3.05) is 0 Å². The van der Waals surface area contributed by atoms with Crippen LogP contribution in [0.3, 0.4) is 0 Å². The Hall–Kier alpha value is 1.06. The van der Waals surface area contributed by atoms with E-state index in [1.165, 1.54) is 0 Å². The summed E-state index contributed by atoms with van der Waals surface area (Å²) in [4.78, 5) is 0. The van der Waals surface area contributed by atoms with Gasteiger partial charge in [0.2, 0.25) is 0 Å². The summed E-state index contributed by atoms with van der Waals surface area (Å²) in [6, 6.07) is 0. The van der Waals surface area contributed by atoms with E-state index >= 15 is 0 Å². The van der Waals surface area contributed by atoms with Crippen molar-refractivity contribution in [1.29, 1.82) is 0 Å². The lowest BCUT2D eigenvalue weighted by Gasteiger charge is -2.31. The lowest BCUT2D eigenvalue weighted by molar-refractivity contribution is 0.293. The largest absolute Gasteiger partial charge is 0.423 e. The summed E-state index contributed by atoms with van der Waals surface area (Å²) in [7, 11) is -9.59. The van der Waals surface area contributed by atoms with Gasteiger partial charge >= 0.3 is 8.56 Å². The molecule has 108 valence electrons. The van der Waals surface area contributed by atoms with Gasteiger partial charge in [0.15, 0.2) is 0 Å². The average molecular weight is 361 g/mol. The minimum atomic E-state index is -2.09.